The molecule has 1 rings (SSSR count). The average molecular weight is 264 g/mol. The Labute approximate surface area is 115 Å². The Bertz CT molecular complexity index is 420. The highest BCUT2D eigenvalue weighted by atomic mass is 16.3. The van der Waals surface area contributed by atoms with Crippen molar-refractivity contribution in [3.05, 3.63) is 24.3 Å². The van der Waals surface area contributed by atoms with Crippen LogP contribution >= 0.6 is 0 Å². The monoisotopic (exact) mass is 264 g/mol. The molecule has 0 fully saturated rings. The molecule has 1 aromatic carbocycles. The van der Waals surface area contributed by atoms with E-state index in [0.717, 1.165) is 0 Å². The number of aromatic hydroxyl groups is 1. The van der Waals surface area contributed by atoms with Crippen LogP contribution in [0.25, 0.3) is 0 Å². The minimum absolute atomic E-state index is 0.0353. The summed E-state index contributed by atoms with van der Waals surface area (Å²) >= 11 is 0. The molecule has 4 heteroatoms. The van der Waals surface area contributed by atoms with Gasteiger partial charge in [-0.25, -0.2) is 0 Å². The predicted octanol–water partition coefficient (Wildman–Crippen LogP) is 2.51. The van der Waals surface area contributed by atoms with Crippen LogP contribution in [-0.2, 0) is 4.79 Å². The number of hydrogen-bond donors (Lipinski definition) is 2. The summed E-state index contributed by atoms with van der Waals surface area (Å²) in [6.45, 7) is 6.81. The molecule has 1 amide bonds. The predicted molar refractivity (Wildman–Crippen MR) is 78.2 cm³/mol. The first-order valence-electron chi connectivity index (χ1n) is 6.85. The van der Waals surface area contributed by atoms with Crippen LogP contribution in [0.5, 0.6) is 5.75 Å². The Balaban J connectivity index is 3.12. The molecule has 0 heterocycles. The van der Waals surface area contributed by atoms with Gasteiger partial charge in [-0.3, -0.25) is 4.79 Å². The van der Waals surface area contributed by atoms with E-state index in [-0.39, 0.29) is 11.7 Å². The average Bonchev–Trinajstić information content (AvgIpc) is 2.42. The van der Waals surface area contributed by atoms with E-state index in [2.05, 4.69) is 0 Å². The Morgan fingerprint density at radius 2 is 1.95 bits per heavy atom. The fourth-order valence-electron chi connectivity index (χ4n) is 2.32. The number of amides is 1. The van der Waals surface area contributed by atoms with Crippen molar-refractivity contribution in [3.63, 3.8) is 0 Å². The summed E-state index contributed by atoms with van der Waals surface area (Å²) in [6.07, 6.45) is 1.43. The first-order valence-corrected chi connectivity index (χ1v) is 6.85. The van der Waals surface area contributed by atoms with Crippen LogP contribution in [0.2, 0.25) is 0 Å². The maximum Gasteiger partial charge on any atom is 0.234 e. The van der Waals surface area contributed by atoms with Gasteiger partial charge in [0.05, 0.1) is 5.41 Å². The fraction of sp³-hybridized carbons (Fsp3) is 0.533. The molecular formula is C15H24N2O2. The minimum Gasteiger partial charge on any atom is -0.508 e. The highest BCUT2D eigenvalue weighted by molar-refractivity contribution is 5.97. The van der Waals surface area contributed by atoms with Gasteiger partial charge in [0, 0.05) is 24.8 Å². The van der Waals surface area contributed by atoms with Gasteiger partial charge in [0.1, 0.15) is 5.75 Å². The lowest BCUT2D eigenvalue weighted by Gasteiger charge is -2.34. The number of carbonyl (C=O) groups excluding carboxylic acids is 1. The molecule has 0 aliphatic rings. The molecule has 4 nitrogen and oxygen atoms in total. The van der Waals surface area contributed by atoms with Crippen molar-refractivity contribution in [1.82, 2.24) is 0 Å². The molecule has 0 aromatic heterocycles. The SMILES string of the molecule is CCN(C(=O)C(CC)(CC)CN)c1cccc(O)c1. The summed E-state index contributed by atoms with van der Waals surface area (Å²) in [5.74, 6) is 0.197. The third-order valence-electron chi connectivity index (χ3n) is 3.90. The third-order valence-corrected chi connectivity index (χ3v) is 3.90. The van der Waals surface area contributed by atoms with E-state index >= 15 is 0 Å². The molecule has 0 radical (unpaired) electrons. The van der Waals surface area contributed by atoms with E-state index in [4.69, 9.17) is 5.73 Å². The maximum atomic E-state index is 12.8. The lowest BCUT2D eigenvalue weighted by Crippen LogP contribution is -2.47. The zero-order valence-corrected chi connectivity index (χ0v) is 12.0. The molecule has 0 bridgehead atoms. The lowest BCUT2D eigenvalue weighted by molar-refractivity contribution is -0.128. The number of hydrogen-bond acceptors (Lipinski definition) is 3. The van der Waals surface area contributed by atoms with Gasteiger partial charge >= 0.3 is 0 Å². The molecule has 3 N–H and O–H groups in total. The number of rotatable bonds is 6. The van der Waals surface area contributed by atoms with Gasteiger partial charge in [-0.1, -0.05) is 19.9 Å². The van der Waals surface area contributed by atoms with Gasteiger partial charge in [-0.2, -0.15) is 0 Å². The van der Waals surface area contributed by atoms with Crippen LogP contribution in [-0.4, -0.2) is 24.1 Å². The minimum atomic E-state index is -0.512. The number of anilines is 1. The van der Waals surface area contributed by atoms with Crippen LogP contribution < -0.4 is 10.6 Å². The molecule has 0 saturated heterocycles. The zero-order valence-electron chi connectivity index (χ0n) is 12.0. The first-order chi connectivity index (χ1) is 9.04. The molecule has 19 heavy (non-hydrogen) atoms. The molecule has 0 saturated carbocycles. The zero-order chi connectivity index (χ0) is 14.5. The largest absolute Gasteiger partial charge is 0.508 e. The lowest BCUT2D eigenvalue weighted by atomic mass is 9.80. The summed E-state index contributed by atoms with van der Waals surface area (Å²) in [4.78, 5) is 14.5. The molecule has 0 aliphatic carbocycles. The van der Waals surface area contributed by atoms with E-state index < -0.39 is 5.41 Å². The smallest absolute Gasteiger partial charge is 0.234 e. The normalized spacial score (nSPS) is 11.4. The van der Waals surface area contributed by atoms with Gasteiger partial charge in [0.25, 0.3) is 0 Å². The molecule has 1 aromatic rings. The van der Waals surface area contributed by atoms with Crippen LogP contribution in [0.4, 0.5) is 5.69 Å². The third kappa shape index (κ3) is 3.07. The van der Waals surface area contributed by atoms with E-state index in [1.54, 1.807) is 23.1 Å². The van der Waals surface area contributed by atoms with Gasteiger partial charge in [0.2, 0.25) is 5.91 Å². The second kappa shape index (κ2) is 6.57. The van der Waals surface area contributed by atoms with Crippen molar-refractivity contribution >= 4 is 11.6 Å². The van der Waals surface area contributed by atoms with Gasteiger partial charge in [-0.15, -0.1) is 0 Å². The van der Waals surface area contributed by atoms with Crippen LogP contribution in [0.1, 0.15) is 33.6 Å². The highest BCUT2D eigenvalue weighted by Crippen LogP contribution is 2.31. The topological polar surface area (TPSA) is 66.6 Å². The summed E-state index contributed by atoms with van der Waals surface area (Å²) in [7, 11) is 0. The summed E-state index contributed by atoms with van der Waals surface area (Å²) in [5, 5.41) is 9.55. The van der Waals surface area contributed by atoms with Crippen LogP contribution in [0.15, 0.2) is 24.3 Å². The second-order valence-electron chi connectivity index (χ2n) is 4.76. The molecule has 0 unspecified atom stereocenters. The summed E-state index contributed by atoms with van der Waals surface area (Å²) in [5.41, 5.74) is 6.04. The van der Waals surface area contributed by atoms with Crippen LogP contribution in [0.3, 0.4) is 0 Å². The van der Waals surface area contributed by atoms with E-state index in [1.807, 2.05) is 26.8 Å². The van der Waals surface area contributed by atoms with Gasteiger partial charge in [0.15, 0.2) is 0 Å². The second-order valence-corrected chi connectivity index (χ2v) is 4.76. The van der Waals surface area contributed by atoms with Crippen molar-refractivity contribution < 1.29 is 9.90 Å². The van der Waals surface area contributed by atoms with Crippen molar-refractivity contribution in [2.45, 2.75) is 33.6 Å². The summed E-state index contributed by atoms with van der Waals surface area (Å²) in [6, 6.07) is 6.77. The Morgan fingerprint density at radius 3 is 2.37 bits per heavy atom. The molecule has 0 spiro atoms. The van der Waals surface area contributed by atoms with Crippen molar-refractivity contribution in [1.29, 1.82) is 0 Å². The molecule has 0 atom stereocenters. The maximum absolute atomic E-state index is 12.8. The van der Waals surface area contributed by atoms with Crippen molar-refractivity contribution in [2.24, 2.45) is 11.1 Å². The number of phenols is 1. The van der Waals surface area contributed by atoms with E-state index in [9.17, 15) is 9.90 Å². The van der Waals surface area contributed by atoms with Crippen molar-refractivity contribution in [2.75, 3.05) is 18.0 Å². The number of nitrogens with two attached hydrogens (primary N) is 1. The Morgan fingerprint density at radius 1 is 1.32 bits per heavy atom. The number of nitrogens with zero attached hydrogens (tertiary/aromatic N) is 1. The first kappa shape index (κ1) is 15.5. The number of phenolic OH excluding ortho intramolecular Hbond substituents is 1. The fourth-order valence-corrected chi connectivity index (χ4v) is 2.32. The van der Waals surface area contributed by atoms with Gasteiger partial charge in [-0.05, 0) is 31.9 Å². The van der Waals surface area contributed by atoms with Crippen molar-refractivity contribution in [3.8, 4) is 5.75 Å². The molecule has 106 valence electrons. The summed E-state index contributed by atoms with van der Waals surface area (Å²) < 4.78 is 0. The highest BCUT2D eigenvalue weighted by Gasteiger charge is 2.36. The van der Waals surface area contributed by atoms with E-state index in [0.29, 0.717) is 31.6 Å². The van der Waals surface area contributed by atoms with E-state index in [1.165, 1.54) is 0 Å². The number of carbonyl (C=O) groups is 1. The molecular weight excluding hydrogens is 240 g/mol. The van der Waals surface area contributed by atoms with Crippen LogP contribution in [0, 0.1) is 5.41 Å². The van der Waals surface area contributed by atoms with Gasteiger partial charge < -0.3 is 15.7 Å². The Hall–Kier alpha value is -1.55. The molecule has 0 aliphatic heterocycles. The Kier molecular flexibility index (Phi) is 5.36. The number of benzene rings is 1. The standard InChI is InChI=1S/C15H24N2O2/c1-4-15(5-2,11-16)14(19)17(6-3)12-8-7-9-13(18)10-12/h7-10,18H,4-6,11,16H2,1-3H3. The quantitative estimate of drug-likeness (QED) is 0.829.